The van der Waals surface area contributed by atoms with Crippen LogP contribution in [-0.2, 0) is 47.2 Å². The summed E-state index contributed by atoms with van der Waals surface area (Å²) < 4.78 is 53.2. The first-order valence-corrected chi connectivity index (χ1v) is 12.5. The number of hydrogen-bond acceptors (Lipinski definition) is 8. The summed E-state index contributed by atoms with van der Waals surface area (Å²) in [6.07, 6.45) is 12.7. The molecule has 0 amide bonds. The van der Waals surface area contributed by atoms with Crippen molar-refractivity contribution in [2.75, 3.05) is 39.6 Å². The lowest BCUT2D eigenvalue weighted by atomic mass is 10.1. The summed E-state index contributed by atoms with van der Waals surface area (Å²) in [5, 5.41) is 0. The molecule has 0 radical (unpaired) electrons. The van der Waals surface area contributed by atoms with Crippen molar-refractivity contribution in [1.82, 2.24) is 4.57 Å². The molecule has 0 aromatic carbocycles. The van der Waals surface area contributed by atoms with Gasteiger partial charge in [0.1, 0.15) is 19.0 Å². The van der Waals surface area contributed by atoms with Crippen molar-refractivity contribution in [2.45, 2.75) is 65.3 Å². The summed E-state index contributed by atoms with van der Waals surface area (Å²) in [4.78, 5) is 11.5. The van der Waals surface area contributed by atoms with Crippen LogP contribution in [0.4, 0.5) is 0 Å². The van der Waals surface area contributed by atoms with Crippen molar-refractivity contribution in [2.24, 2.45) is 7.05 Å². The number of rotatable bonds is 18. The number of imidazole rings is 1. The van der Waals surface area contributed by atoms with Gasteiger partial charge in [0.15, 0.2) is 6.54 Å². The topological polar surface area (TPSA) is 120 Å². The number of carbonyl (C=O) groups excluding carboxylic acids is 1. The molecule has 0 N–H and O–H groups in total. The minimum absolute atomic E-state index is 0.0258. The molecule has 1 aromatic heterocycles. The Morgan fingerprint density at radius 1 is 0.906 bits per heavy atom. The van der Waals surface area contributed by atoms with E-state index in [0.29, 0.717) is 26.2 Å². The molecule has 0 aliphatic carbocycles. The molecule has 10 nitrogen and oxygen atoms in total. The van der Waals surface area contributed by atoms with E-state index in [9.17, 15) is 17.8 Å². The highest BCUT2D eigenvalue weighted by molar-refractivity contribution is 7.80. The quantitative estimate of drug-likeness (QED) is 0.103. The summed E-state index contributed by atoms with van der Waals surface area (Å²) in [6, 6.07) is 0. The lowest BCUT2D eigenvalue weighted by Crippen LogP contribution is -2.24. The molecule has 0 saturated heterocycles. The Bertz CT molecular complexity index is 679. The Hall–Kier alpha value is -1.53. The number of hydrogen-bond donors (Lipinski definition) is 0. The van der Waals surface area contributed by atoms with E-state index in [2.05, 4.69) is 18.0 Å². The van der Waals surface area contributed by atoms with Gasteiger partial charge in [-0.15, -0.1) is 0 Å². The number of nitrogens with zero attached hydrogens (tertiary/aromatic N) is 2. The summed E-state index contributed by atoms with van der Waals surface area (Å²) in [5.74, 6) is -0.262. The third kappa shape index (κ3) is 21.7. The summed E-state index contributed by atoms with van der Waals surface area (Å²) in [5.41, 5.74) is 0. The third-order valence-corrected chi connectivity index (χ3v) is 4.53. The molecular weight excluding hydrogens is 440 g/mol. The van der Waals surface area contributed by atoms with E-state index in [-0.39, 0.29) is 25.7 Å². The third-order valence-electron chi connectivity index (χ3n) is 4.07. The zero-order valence-corrected chi connectivity index (χ0v) is 20.5. The Morgan fingerprint density at radius 3 is 2.12 bits per heavy atom. The summed E-state index contributed by atoms with van der Waals surface area (Å²) in [7, 11) is -2.57. The van der Waals surface area contributed by atoms with E-state index in [1.807, 2.05) is 30.3 Å². The number of esters is 1. The molecule has 1 aromatic rings. The van der Waals surface area contributed by atoms with Gasteiger partial charge < -0.3 is 18.8 Å². The molecule has 0 unspecified atom stereocenters. The number of unbranched alkanes of at least 4 members (excludes halogenated alkanes) is 5. The Labute approximate surface area is 192 Å². The molecule has 0 aliphatic rings. The van der Waals surface area contributed by atoms with Crippen LogP contribution in [0.3, 0.4) is 0 Å². The fourth-order valence-corrected chi connectivity index (χ4v) is 2.84. The molecule has 0 saturated carbocycles. The van der Waals surface area contributed by atoms with Gasteiger partial charge in [0.05, 0.1) is 33.5 Å². The first-order valence-electron chi connectivity index (χ1n) is 11.2. The fourth-order valence-electron chi connectivity index (χ4n) is 2.51. The van der Waals surface area contributed by atoms with Gasteiger partial charge in [0.2, 0.25) is 16.7 Å². The van der Waals surface area contributed by atoms with Gasteiger partial charge in [0.25, 0.3) is 0 Å². The molecule has 1 rings (SSSR count). The Kier molecular flexibility index (Phi) is 19.1. The van der Waals surface area contributed by atoms with Gasteiger partial charge in [-0.25, -0.2) is 22.3 Å². The number of aromatic nitrogens is 2. The zero-order chi connectivity index (χ0) is 24.1. The van der Waals surface area contributed by atoms with Gasteiger partial charge in [-0.3, -0.25) is 4.18 Å². The van der Waals surface area contributed by atoms with Crippen molar-refractivity contribution in [3.05, 3.63) is 18.7 Å². The van der Waals surface area contributed by atoms with E-state index in [0.717, 1.165) is 25.9 Å². The van der Waals surface area contributed by atoms with Crippen LogP contribution in [0.5, 0.6) is 0 Å². The predicted molar refractivity (Wildman–Crippen MR) is 118 cm³/mol. The van der Waals surface area contributed by atoms with E-state index in [4.69, 9.17) is 14.2 Å². The monoisotopic (exact) mass is 480 g/mol. The molecule has 0 spiro atoms. The van der Waals surface area contributed by atoms with Gasteiger partial charge in [0, 0.05) is 6.61 Å². The summed E-state index contributed by atoms with van der Waals surface area (Å²) >= 11 is 0. The first kappa shape index (κ1) is 30.5. The second kappa shape index (κ2) is 20.1. The largest absolute Gasteiger partial charge is 0.726 e. The Balaban J connectivity index is 0.000000649. The van der Waals surface area contributed by atoms with Gasteiger partial charge in [-0.05, 0) is 12.8 Å². The fraction of sp³-hybridized carbons (Fsp3) is 0.810. The molecule has 0 bridgehead atoms. The number of aryl methyl sites for hydroxylation is 1. The maximum atomic E-state index is 11.5. The molecule has 32 heavy (non-hydrogen) atoms. The number of carbonyl (C=O) groups is 1. The van der Waals surface area contributed by atoms with Crippen molar-refractivity contribution in [1.29, 1.82) is 0 Å². The van der Waals surface area contributed by atoms with Crippen LogP contribution in [0.15, 0.2) is 18.7 Å². The highest BCUT2D eigenvalue weighted by Crippen LogP contribution is 2.05. The highest BCUT2D eigenvalue weighted by atomic mass is 32.3. The normalized spacial score (nSPS) is 11.1. The van der Waals surface area contributed by atoms with E-state index >= 15 is 0 Å². The average molecular weight is 481 g/mol. The molecule has 1 heterocycles. The van der Waals surface area contributed by atoms with Crippen LogP contribution in [0, 0.1) is 0 Å². The van der Waals surface area contributed by atoms with Crippen molar-refractivity contribution < 1.29 is 40.7 Å². The molecule has 11 heteroatoms. The Morgan fingerprint density at radius 2 is 1.53 bits per heavy atom. The van der Waals surface area contributed by atoms with Crippen molar-refractivity contribution in [3.8, 4) is 0 Å². The van der Waals surface area contributed by atoms with Gasteiger partial charge in [-0.2, -0.15) is 0 Å². The minimum atomic E-state index is -4.47. The lowest BCUT2D eigenvalue weighted by molar-refractivity contribution is -0.671. The molecule has 0 fully saturated rings. The second-order valence-electron chi connectivity index (χ2n) is 7.19. The van der Waals surface area contributed by atoms with E-state index < -0.39 is 10.4 Å². The maximum Gasteiger partial charge on any atom is 0.348 e. The first-order chi connectivity index (χ1) is 15.3. The van der Waals surface area contributed by atoms with Crippen LogP contribution in [0.2, 0.25) is 0 Å². The number of ether oxygens (including phenoxy) is 3. The molecule has 0 atom stereocenters. The van der Waals surface area contributed by atoms with Crippen LogP contribution in [0.1, 0.15) is 58.8 Å². The molecule has 188 valence electrons. The van der Waals surface area contributed by atoms with Crippen LogP contribution < -0.4 is 4.57 Å². The van der Waals surface area contributed by atoms with Gasteiger partial charge in [-0.1, -0.05) is 46.0 Å². The lowest BCUT2D eigenvalue weighted by Gasteiger charge is -2.06. The maximum absolute atomic E-state index is 11.5. The minimum Gasteiger partial charge on any atom is -0.726 e. The van der Waals surface area contributed by atoms with Crippen molar-refractivity contribution in [3.63, 3.8) is 0 Å². The smallest absolute Gasteiger partial charge is 0.348 e. The SMILES string of the molecule is CCCCCCCCOS(=O)(=O)[O-].CCCOCCOCCOC(=O)Cn1cc[n+](C)c1. The van der Waals surface area contributed by atoms with E-state index in [1.54, 1.807) is 4.57 Å². The highest BCUT2D eigenvalue weighted by Gasteiger charge is 2.08. The van der Waals surface area contributed by atoms with Gasteiger partial charge >= 0.3 is 5.97 Å². The van der Waals surface area contributed by atoms with E-state index in [1.165, 1.54) is 19.3 Å². The standard InChI is InChI=1S/C13H23N2O4.C8H18O4S/c1-3-6-17-7-8-18-9-10-19-13(16)11-15-5-4-14(2)12-15;1-2-3-4-5-6-7-8-12-13(9,10)11/h4-5,12H,3,6-11H2,1-2H3;2-8H2,1H3,(H,9,10,11)/q+1;/p-1. The average Bonchev–Trinajstić information content (AvgIpc) is 3.13. The van der Waals surface area contributed by atoms with Crippen LogP contribution in [-0.4, -0.2) is 63.1 Å². The van der Waals surface area contributed by atoms with Crippen LogP contribution in [0.25, 0.3) is 0 Å². The summed E-state index contributed by atoms with van der Waals surface area (Å²) in [6.45, 7) is 7.00. The predicted octanol–water partition coefficient (Wildman–Crippen LogP) is 2.12. The van der Waals surface area contributed by atoms with Crippen molar-refractivity contribution >= 4 is 16.4 Å². The zero-order valence-electron chi connectivity index (χ0n) is 19.7. The van der Waals surface area contributed by atoms with Crippen LogP contribution >= 0.6 is 0 Å². The molecule has 0 aliphatic heterocycles. The molecular formula is C21H40N2O8S. The second-order valence-corrected chi connectivity index (χ2v) is 8.25.